The molecular formula is C18H18Cl4N2O10P+. The number of nitrogens with zero attached hydrogens (tertiary/aromatic N) is 2. The van der Waals surface area contributed by atoms with E-state index in [1.807, 2.05) is 0 Å². The lowest BCUT2D eigenvalue weighted by molar-refractivity contribution is -0.906. The molecule has 0 aliphatic carbocycles. The molecule has 35 heavy (non-hydrogen) atoms. The second-order valence-electron chi connectivity index (χ2n) is 5.51. The molecule has 0 bridgehead atoms. The van der Waals surface area contributed by atoms with Gasteiger partial charge in [0.05, 0.1) is 34.0 Å². The number of hydrogen-bond donors (Lipinski definition) is 1. The molecule has 0 amide bonds. The van der Waals surface area contributed by atoms with E-state index in [1.54, 1.807) is 0 Å². The van der Waals surface area contributed by atoms with Crippen LogP contribution in [-0.4, -0.2) is 62.5 Å². The van der Waals surface area contributed by atoms with Gasteiger partial charge in [0.25, 0.3) is 0 Å². The fourth-order valence-corrected chi connectivity index (χ4v) is 2.18. The number of carbonyl (C=O) groups excluding carboxylic acids is 4. The predicted molar refractivity (Wildman–Crippen MR) is 124 cm³/mol. The fourth-order valence-electron chi connectivity index (χ4n) is 2.03. The SMILES string of the molecule is COC(=O)c1ccc(Cl)nc1C(=O)OC.COC(=O)c1ccc[n+](O)c1C(=O)OC.O=P(Cl)(Cl)Cl. The second-order valence-corrected chi connectivity index (χ2v) is 12.5. The summed E-state index contributed by atoms with van der Waals surface area (Å²) in [4.78, 5) is 48.7. The average Bonchev–Trinajstić information content (AvgIpc) is 2.81. The van der Waals surface area contributed by atoms with Gasteiger partial charge in [0, 0.05) is 10.8 Å². The van der Waals surface area contributed by atoms with Gasteiger partial charge in [0.1, 0.15) is 10.7 Å². The second kappa shape index (κ2) is 15.4. The molecule has 2 aromatic rings. The summed E-state index contributed by atoms with van der Waals surface area (Å²) in [5.74, 6) is -2.95. The summed E-state index contributed by atoms with van der Waals surface area (Å²) in [5.41, 5.74) is -0.466. The van der Waals surface area contributed by atoms with Crippen molar-refractivity contribution in [3.63, 3.8) is 0 Å². The standard InChI is InChI=1S/C9H8ClNO4.C9H10NO5.Cl3OP/c1-14-8(12)5-3-4-6(10)11-7(5)9(13)15-2;1-14-8(11)6-4-3-5-10(13)7(6)9(12)15-2;1-5(2,3)4/h3-4H,1-2H3;3-5,13H,1-2H3;/q;+1;. The molecule has 0 aliphatic heterocycles. The Bertz CT molecular complexity index is 1100. The molecule has 0 saturated heterocycles. The number of ether oxygens (including phenoxy) is 4. The number of methoxy groups -OCH3 is 4. The van der Waals surface area contributed by atoms with E-state index in [0.717, 1.165) is 7.11 Å². The number of hydrogen-bond acceptors (Lipinski definition) is 11. The average molecular weight is 595 g/mol. The van der Waals surface area contributed by atoms with Gasteiger partial charge in [-0.2, -0.15) is 0 Å². The third kappa shape index (κ3) is 11.6. The maximum atomic E-state index is 11.3. The van der Waals surface area contributed by atoms with Gasteiger partial charge in [-0.3, -0.25) is 9.77 Å². The van der Waals surface area contributed by atoms with Gasteiger partial charge >= 0.3 is 34.8 Å². The van der Waals surface area contributed by atoms with Crippen molar-refractivity contribution in [1.82, 2.24) is 4.98 Å². The zero-order valence-electron chi connectivity index (χ0n) is 18.4. The van der Waals surface area contributed by atoms with E-state index >= 15 is 0 Å². The van der Waals surface area contributed by atoms with E-state index in [1.165, 1.54) is 51.8 Å². The normalized spacial score (nSPS) is 9.83. The molecule has 0 fully saturated rings. The monoisotopic (exact) mass is 593 g/mol. The smallest absolute Gasteiger partial charge is 0.409 e. The van der Waals surface area contributed by atoms with Gasteiger partial charge in [-0.05, 0) is 51.9 Å². The highest BCUT2D eigenvalue weighted by molar-refractivity contribution is 8.24. The molecule has 0 unspecified atom stereocenters. The highest BCUT2D eigenvalue weighted by Crippen LogP contribution is 2.61. The van der Waals surface area contributed by atoms with Crippen LogP contribution < -0.4 is 4.73 Å². The highest BCUT2D eigenvalue weighted by Gasteiger charge is 2.30. The van der Waals surface area contributed by atoms with Crippen LogP contribution in [0.25, 0.3) is 0 Å². The molecule has 2 aromatic heterocycles. The van der Waals surface area contributed by atoms with Gasteiger partial charge in [0.2, 0.25) is 6.20 Å². The molecule has 0 saturated carbocycles. The molecule has 12 nitrogen and oxygen atoms in total. The van der Waals surface area contributed by atoms with Crippen LogP contribution in [0.5, 0.6) is 0 Å². The third-order valence-electron chi connectivity index (χ3n) is 3.40. The molecule has 0 spiro atoms. The van der Waals surface area contributed by atoms with Crippen LogP contribution in [0.2, 0.25) is 5.15 Å². The minimum absolute atomic E-state index is 0.0220. The van der Waals surface area contributed by atoms with Crippen LogP contribution in [0.3, 0.4) is 0 Å². The first-order valence-corrected chi connectivity index (χ1v) is 13.4. The zero-order chi connectivity index (χ0) is 27.3. The summed E-state index contributed by atoms with van der Waals surface area (Å²) in [5, 5.41) is 6.22. The Kier molecular flexibility index (Phi) is 14.2. The van der Waals surface area contributed by atoms with Crippen molar-refractivity contribution < 1.29 is 52.6 Å². The van der Waals surface area contributed by atoms with Gasteiger partial charge in [-0.15, -0.1) is 0 Å². The number of halogens is 4. The van der Waals surface area contributed by atoms with Crippen molar-refractivity contribution in [2.75, 3.05) is 28.4 Å². The van der Waals surface area contributed by atoms with E-state index < -0.39 is 29.1 Å². The van der Waals surface area contributed by atoms with E-state index in [-0.39, 0.29) is 27.7 Å². The van der Waals surface area contributed by atoms with Crippen molar-refractivity contribution in [1.29, 1.82) is 0 Å². The van der Waals surface area contributed by atoms with Crippen molar-refractivity contribution in [2.45, 2.75) is 0 Å². The van der Waals surface area contributed by atoms with E-state index in [2.05, 4.69) is 57.7 Å². The lowest BCUT2D eigenvalue weighted by Gasteiger charge is -2.04. The van der Waals surface area contributed by atoms with Gasteiger partial charge in [-0.25, -0.2) is 24.2 Å². The topological polar surface area (TPSA) is 159 Å². The molecular weight excluding hydrogens is 577 g/mol. The summed E-state index contributed by atoms with van der Waals surface area (Å²) in [7, 11) is 4.72. The highest BCUT2D eigenvalue weighted by atomic mass is 36.0. The number of pyridine rings is 2. The summed E-state index contributed by atoms with van der Waals surface area (Å²) in [6.07, 6.45) is 1.21. The van der Waals surface area contributed by atoms with Gasteiger partial charge < -0.3 is 18.9 Å². The maximum absolute atomic E-state index is 11.3. The number of aromatic nitrogens is 2. The van der Waals surface area contributed by atoms with Crippen LogP contribution in [0.4, 0.5) is 0 Å². The minimum atomic E-state index is -3.22. The summed E-state index contributed by atoms with van der Waals surface area (Å²) >= 11 is 19.4. The van der Waals surface area contributed by atoms with Crippen molar-refractivity contribution in [2.24, 2.45) is 0 Å². The zero-order valence-corrected chi connectivity index (χ0v) is 22.3. The number of carbonyl (C=O) groups is 4. The Morgan fingerprint density at radius 2 is 1.29 bits per heavy atom. The first-order valence-electron chi connectivity index (χ1n) is 8.64. The Morgan fingerprint density at radius 1 is 0.829 bits per heavy atom. The quantitative estimate of drug-likeness (QED) is 0.136. The minimum Gasteiger partial charge on any atom is -0.465 e. The van der Waals surface area contributed by atoms with Crippen LogP contribution in [0.15, 0.2) is 30.5 Å². The fraction of sp³-hybridized carbons (Fsp3) is 0.222. The molecule has 0 radical (unpaired) electrons. The van der Waals surface area contributed by atoms with E-state index in [9.17, 15) is 29.0 Å². The first kappa shape index (κ1) is 32.4. The Balaban J connectivity index is 0.000000555. The Labute approximate surface area is 218 Å². The van der Waals surface area contributed by atoms with Crippen molar-refractivity contribution in [3.8, 4) is 0 Å². The predicted octanol–water partition coefficient (Wildman–Crippen LogP) is 3.90. The van der Waals surface area contributed by atoms with Crippen molar-refractivity contribution in [3.05, 3.63) is 58.1 Å². The molecule has 0 aliphatic rings. The Morgan fingerprint density at radius 3 is 1.74 bits per heavy atom. The van der Waals surface area contributed by atoms with Crippen molar-refractivity contribution >= 4 is 74.4 Å². The van der Waals surface area contributed by atoms with Gasteiger partial charge in [0.15, 0.2) is 5.69 Å². The van der Waals surface area contributed by atoms with Crippen LogP contribution in [0.1, 0.15) is 41.7 Å². The Hall–Kier alpha value is -2.63. The molecule has 0 atom stereocenters. The third-order valence-corrected chi connectivity index (χ3v) is 3.61. The van der Waals surface area contributed by atoms with Crippen LogP contribution >= 0.6 is 50.5 Å². The van der Waals surface area contributed by atoms with Crippen LogP contribution in [-0.2, 0) is 23.5 Å². The molecule has 2 heterocycles. The molecule has 0 aromatic carbocycles. The molecule has 2 rings (SSSR count). The lowest BCUT2D eigenvalue weighted by atomic mass is 10.2. The molecule has 1 N–H and O–H groups in total. The van der Waals surface area contributed by atoms with Crippen LogP contribution in [0, 0.1) is 0 Å². The van der Waals surface area contributed by atoms with E-state index in [0.29, 0.717) is 4.73 Å². The summed E-state index contributed by atoms with van der Waals surface area (Å²) in [6, 6.07) is 5.50. The largest absolute Gasteiger partial charge is 0.465 e. The molecule has 17 heteroatoms. The number of rotatable bonds is 4. The van der Waals surface area contributed by atoms with Gasteiger partial charge in [-0.1, -0.05) is 11.6 Å². The summed E-state index contributed by atoms with van der Waals surface area (Å²) < 4.78 is 27.8. The lowest BCUT2D eigenvalue weighted by Crippen LogP contribution is -2.40. The van der Waals surface area contributed by atoms with E-state index in [4.69, 9.17) is 11.6 Å². The maximum Gasteiger partial charge on any atom is 0.409 e. The first-order chi connectivity index (χ1) is 16.2. The summed E-state index contributed by atoms with van der Waals surface area (Å²) in [6.45, 7) is 0. The number of esters is 4. The molecule has 192 valence electrons.